The predicted octanol–water partition coefficient (Wildman–Crippen LogP) is 5.25. The molecule has 0 fully saturated rings. The standard InChI is InChI=1S/C24H30N4O2S.HI/c1-18(29-4)23-27-21(17-31-23)15-28(3)24(25-2)26-14-19-10-8-9-11-20(19)16-30-22-12-6-5-7-13-22;/h5-13,17-18H,14-16H2,1-4H3,(H,25,26);1H. The Bertz CT molecular complexity index is 981. The van der Waals surface area contributed by atoms with Crippen molar-refractivity contribution < 1.29 is 9.47 Å². The molecule has 2 aromatic carbocycles. The Morgan fingerprint density at radius 1 is 1.12 bits per heavy atom. The van der Waals surface area contributed by atoms with Crippen LogP contribution < -0.4 is 10.1 Å². The van der Waals surface area contributed by atoms with E-state index < -0.39 is 0 Å². The summed E-state index contributed by atoms with van der Waals surface area (Å²) in [4.78, 5) is 11.2. The first-order chi connectivity index (χ1) is 15.1. The first kappa shape index (κ1) is 26.1. The number of benzene rings is 2. The Morgan fingerprint density at radius 3 is 2.50 bits per heavy atom. The topological polar surface area (TPSA) is 59.0 Å². The first-order valence-electron chi connectivity index (χ1n) is 10.2. The van der Waals surface area contributed by atoms with Gasteiger partial charge in [-0.25, -0.2) is 4.98 Å². The van der Waals surface area contributed by atoms with E-state index in [2.05, 4.69) is 37.7 Å². The van der Waals surface area contributed by atoms with Gasteiger partial charge in [-0.15, -0.1) is 35.3 Å². The van der Waals surface area contributed by atoms with E-state index in [1.807, 2.05) is 56.4 Å². The van der Waals surface area contributed by atoms with Crippen LogP contribution in [0.4, 0.5) is 0 Å². The van der Waals surface area contributed by atoms with E-state index in [0.717, 1.165) is 28.0 Å². The zero-order valence-corrected chi connectivity index (χ0v) is 22.1. The Labute approximate surface area is 211 Å². The van der Waals surface area contributed by atoms with Crippen molar-refractivity contribution in [3.8, 4) is 5.75 Å². The molecular weight excluding hydrogens is 535 g/mol. The number of guanidine groups is 1. The number of aliphatic imine (C=N–C) groups is 1. The normalized spacial score (nSPS) is 12.1. The second-order valence-corrected chi connectivity index (χ2v) is 8.07. The largest absolute Gasteiger partial charge is 0.489 e. The van der Waals surface area contributed by atoms with Crippen LogP contribution in [-0.4, -0.2) is 37.0 Å². The number of hydrogen-bond donors (Lipinski definition) is 1. The third kappa shape index (κ3) is 7.46. The molecular formula is C24H31IN4O2S. The SMILES string of the molecule is CN=C(NCc1ccccc1COc1ccccc1)N(C)Cc1csc(C(C)OC)n1.I. The van der Waals surface area contributed by atoms with Crippen LogP contribution in [0.1, 0.15) is 34.9 Å². The van der Waals surface area contributed by atoms with Gasteiger partial charge < -0.3 is 19.7 Å². The Balaban J connectivity index is 0.00000363. The minimum absolute atomic E-state index is 0. The fourth-order valence-electron chi connectivity index (χ4n) is 3.11. The summed E-state index contributed by atoms with van der Waals surface area (Å²) in [5.74, 6) is 1.68. The summed E-state index contributed by atoms with van der Waals surface area (Å²) in [7, 11) is 5.51. The lowest BCUT2D eigenvalue weighted by Crippen LogP contribution is -2.38. The summed E-state index contributed by atoms with van der Waals surface area (Å²) < 4.78 is 11.3. The molecule has 1 aromatic heterocycles. The zero-order valence-electron chi connectivity index (χ0n) is 18.9. The number of ether oxygens (including phenoxy) is 2. The van der Waals surface area contributed by atoms with Crippen LogP contribution in [0.25, 0.3) is 0 Å². The molecule has 0 aliphatic heterocycles. The average Bonchev–Trinajstić information content (AvgIpc) is 3.27. The molecule has 8 heteroatoms. The maximum absolute atomic E-state index is 5.94. The first-order valence-corrected chi connectivity index (χ1v) is 11.1. The molecule has 0 radical (unpaired) electrons. The van der Waals surface area contributed by atoms with Crippen LogP contribution in [0.15, 0.2) is 65.0 Å². The van der Waals surface area contributed by atoms with Crippen molar-refractivity contribution in [2.75, 3.05) is 21.2 Å². The molecule has 1 heterocycles. The van der Waals surface area contributed by atoms with Crippen molar-refractivity contribution >= 4 is 41.3 Å². The van der Waals surface area contributed by atoms with Gasteiger partial charge in [-0.1, -0.05) is 42.5 Å². The lowest BCUT2D eigenvalue weighted by Gasteiger charge is -2.22. The summed E-state index contributed by atoms with van der Waals surface area (Å²) in [6.45, 7) is 3.86. The van der Waals surface area contributed by atoms with Crippen LogP contribution in [0.5, 0.6) is 5.75 Å². The van der Waals surface area contributed by atoms with Gasteiger partial charge in [-0.3, -0.25) is 4.99 Å². The van der Waals surface area contributed by atoms with Gasteiger partial charge in [-0.2, -0.15) is 0 Å². The maximum atomic E-state index is 5.94. The van der Waals surface area contributed by atoms with Crippen molar-refractivity contribution in [3.63, 3.8) is 0 Å². The number of nitrogens with zero attached hydrogens (tertiary/aromatic N) is 3. The van der Waals surface area contributed by atoms with E-state index in [4.69, 9.17) is 9.47 Å². The van der Waals surface area contributed by atoms with Gasteiger partial charge in [0, 0.05) is 33.1 Å². The number of rotatable bonds is 9. The highest BCUT2D eigenvalue weighted by Crippen LogP contribution is 2.21. The van der Waals surface area contributed by atoms with Gasteiger partial charge >= 0.3 is 0 Å². The van der Waals surface area contributed by atoms with E-state index in [9.17, 15) is 0 Å². The van der Waals surface area contributed by atoms with Crippen LogP contribution >= 0.6 is 35.3 Å². The van der Waals surface area contributed by atoms with Crippen LogP contribution in [0, 0.1) is 0 Å². The molecule has 1 N–H and O–H groups in total. The molecule has 3 rings (SSSR count). The molecule has 0 amide bonds. The highest BCUT2D eigenvalue weighted by Gasteiger charge is 2.13. The lowest BCUT2D eigenvalue weighted by molar-refractivity contribution is 0.119. The molecule has 1 unspecified atom stereocenters. The summed E-state index contributed by atoms with van der Waals surface area (Å²) in [6, 6.07) is 18.2. The molecule has 6 nitrogen and oxygen atoms in total. The fraction of sp³-hybridized carbons (Fsp3) is 0.333. The minimum Gasteiger partial charge on any atom is -0.489 e. The van der Waals surface area contributed by atoms with E-state index in [1.165, 1.54) is 5.56 Å². The monoisotopic (exact) mass is 566 g/mol. The zero-order chi connectivity index (χ0) is 22.1. The van der Waals surface area contributed by atoms with E-state index >= 15 is 0 Å². The number of nitrogens with one attached hydrogen (secondary N) is 1. The maximum Gasteiger partial charge on any atom is 0.194 e. The van der Waals surface area contributed by atoms with Gasteiger partial charge in [0.1, 0.15) is 23.5 Å². The highest BCUT2D eigenvalue weighted by molar-refractivity contribution is 14.0. The number of thiazole rings is 1. The molecule has 0 aliphatic rings. The second kappa shape index (κ2) is 13.4. The lowest BCUT2D eigenvalue weighted by atomic mass is 10.1. The van der Waals surface area contributed by atoms with E-state index in [1.54, 1.807) is 25.5 Å². The summed E-state index contributed by atoms with van der Waals surface area (Å²) in [5, 5.41) is 6.52. The number of aromatic nitrogens is 1. The molecule has 0 aliphatic carbocycles. The quantitative estimate of drug-likeness (QED) is 0.218. The summed E-state index contributed by atoms with van der Waals surface area (Å²) in [6.07, 6.45) is 0.0103. The molecule has 0 saturated carbocycles. The fourth-order valence-corrected chi connectivity index (χ4v) is 3.95. The highest BCUT2D eigenvalue weighted by atomic mass is 127. The van der Waals surface area contributed by atoms with Crippen molar-refractivity contribution in [1.82, 2.24) is 15.2 Å². The molecule has 32 heavy (non-hydrogen) atoms. The van der Waals surface area contributed by atoms with Crippen LogP contribution in [0.3, 0.4) is 0 Å². The third-order valence-electron chi connectivity index (χ3n) is 4.94. The number of para-hydroxylation sites is 1. The van der Waals surface area contributed by atoms with Gasteiger partial charge in [0.2, 0.25) is 0 Å². The van der Waals surface area contributed by atoms with Crippen molar-refractivity contribution in [2.24, 2.45) is 4.99 Å². The average molecular weight is 567 g/mol. The third-order valence-corrected chi connectivity index (χ3v) is 5.99. The number of halogens is 1. The van der Waals surface area contributed by atoms with Crippen molar-refractivity contribution in [2.45, 2.75) is 32.7 Å². The molecule has 172 valence electrons. The summed E-state index contributed by atoms with van der Waals surface area (Å²) >= 11 is 1.62. The van der Waals surface area contributed by atoms with Gasteiger partial charge in [0.15, 0.2) is 5.96 Å². The van der Waals surface area contributed by atoms with Gasteiger partial charge in [-0.05, 0) is 30.2 Å². The predicted molar refractivity (Wildman–Crippen MR) is 142 cm³/mol. The molecule has 0 bridgehead atoms. The Morgan fingerprint density at radius 2 is 1.81 bits per heavy atom. The Kier molecular flexibility index (Phi) is 10.9. The molecule has 0 spiro atoms. The number of methoxy groups -OCH3 is 1. The van der Waals surface area contributed by atoms with Crippen molar-refractivity contribution in [3.05, 3.63) is 81.8 Å². The van der Waals surface area contributed by atoms with Crippen LogP contribution in [-0.2, 0) is 24.4 Å². The minimum atomic E-state index is 0. The van der Waals surface area contributed by atoms with Crippen molar-refractivity contribution in [1.29, 1.82) is 0 Å². The van der Waals surface area contributed by atoms with Crippen LogP contribution in [0.2, 0.25) is 0 Å². The smallest absolute Gasteiger partial charge is 0.194 e. The van der Waals surface area contributed by atoms with E-state index in [-0.39, 0.29) is 30.1 Å². The number of hydrogen-bond acceptors (Lipinski definition) is 5. The Hall–Kier alpha value is -2.17. The van der Waals surface area contributed by atoms with Gasteiger partial charge in [0.25, 0.3) is 0 Å². The summed E-state index contributed by atoms with van der Waals surface area (Å²) in [5.41, 5.74) is 3.33. The molecule has 1 atom stereocenters. The molecule has 3 aromatic rings. The second-order valence-electron chi connectivity index (χ2n) is 7.18. The van der Waals surface area contributed by atoms with Gasteiger partial charge in [0.05, 0.1) is 12.2 Å². The molecule has 0 saturated heterocycles. The van der Waals surface area contributed by atoms with E-state index in [0.29, 0.717) is 19.7 Å².